The molecular formula is C20H29FN4O2. The number of rotatable bonds is 6. The highest BCUT2D eigenvalue weighted by molar-refractivity contribution is 6.00. The summed E-state index contributed by atoms with van der Waals surface area (Å²) < 4.78 is 14.2. The Labute approximate surface area is 160 Å². The summed E-state index contributed by atoms with van der Waals surface area (Å²) in [4.78, 5) is 30.8. The molecule has 148 valence electrons. The average Bonchev–Trinajstić information content (AvgIpc) is 3.02. The second-order valence-electron chi connectivity index (χ2n) is 7.65. The fourth-order valence-electron chi connectivity index (χ4n) is 3.68. The Morgan fingerprint density at radius 2 is 2.00 bits per heavy atom. The van der Waals surface area contributed by atoms with E-state index in [2.05, 4.69) is 22.2 Å². The summed E-state index contributed by atoms with van der Waals surface area (Å²) in [6.45, 7) is 7.93. The van der Waals surface area contributed by atoms with Crippen molar-refractivity contribution in [1.29, 1.82) is 0 Å². The van der Waals surface area contributed by atoms with Gasteiger partial charge in [0.05, 0.1) is 11.6 Å². The number of carbonyl (C=O) groups is 2. The third kappa shape index (κ3) is 5.05. The number of piperazine rings is 1. The lowest BCUT2D eigenvalue weighted by Gasteiger charge is -2.32. The fourth-order valence-corrected chi connectivity index (χ4v) is 3.68. The molecule has 2 aliphatic heterocycles. The van der Waals surface area contributed by atoms with Crippen molar-refractivity contribution in [2.45, 2.75) is 19.8 Å². The van der Waals surface area contributed by atoms with Gasteiger partial charge < -0.3 is 20.0 Å². The number of hydrogen-bond donors (Lipinski definition) is 1. The van der Waals surface area contributed by atoms with Crippen LogP contribution in [0.4, 0.5) is 10.1 Å². The van der Waals surface area contributed by atoms with Gasteiger partial charge in [-0.15, -0.1) is 0 Å². The van der Waals surface area contributed by atoms with E-state index in [1.807, 2.05) is 0 Å². The number of nitrogens with one attached hydrogen (secondary N) is 1. The maximum Gasteiger partial charge on any atom is 0.227 e. The largest absolute Gasteiger partial charge is 0.356 e. The maximum atomic E-state index is 14.2. The molecule has 0 spiro atoms. The predicted molar refractivity (Wildman–Crippen MR) is 103 cm³/mol. The van der Waals surface area contributed by atoms with Gasteiger partial charge in [-0.25, -0.2) is 4.39 Å². The lowest BCUT2D eigenvalue weighted by atomic mass is 10.1. The summed E-state index contributed by atoms with van der Waals surface area (Å²) in [5.74, 6) is -1.15. The molecule has 6 nitrogen and oxygen atoms in total. The zero-order valence-electron chi connectivity index (χ0n) is 16.2. The number of benzene rings is 1. The molecule has 1 aromatic rings. The first-order valence-electron chi connectivity index (χ1n) is 9.69. The molecule has 0 saturated carbocycles. The van der Waals surface area contributed by atoms with Gasteiger partial charge in [0.15, 0.2) is 0 Å². The normalized spacial score (nSPS) is 21.7. The molecule has 0 radical (unpaired) electrons. The molecule has 3 rings (SSSR count). The molecular weight excluding hydrogens is 347 g/mol. The first-order chi connectivity index (χ1) is 12.9. The van der Waals surface area contributed by atoms with Crippen molar-refractivity contribution in [3.63, 3.8) is 0 Å². The van der Waals surface area contributed by atoms with Gasteiger partial charge in [0, 0.05) is 45.7 Å². The highest BCUT2D eigenvalue weighted by atomic mass is 19.1. The minimum Gasteiger partial charge on any atom is -0.356 e. The Hall–Kier alpha value is -1.99. The van der Waals surface area contributed by atoms with Gasteiger partial charge in [0.25, 0.3) is 0 Å². The Kier molecular flexibility index (Phi) is 6.44. The summed E-state index contributed by atoms with van der Waals surface area (Å²) >= 11 is 0. The Morgan fingerprint density at radius 3 is 2.70 bits per heavy atom. The van der Waals surface area contributed by atoms with Crippen LogP contribution in [0.2, 0.25) is 0 Å². The standard InChI is InChI=1S/C20H29FN4O2/c1-15-4-5-18(17(21)12-15)25-14-16(13-19(25)26)20(27)22-6-3-7-24-10-8-23(2)9-11-24/h4-5,12,16H,3,6-11,13-14H2,1-2H3,(H,22,27). The third-order valence-electron chi connectivity index (χ3n) is 5.44. The minimum atomic E-state index is -0.420. The summed E-state index contributed by atoms with van der Waals surface area (Å²) in [5, 5.41) is 2.94. The number of aryl methyl sites for hydroxylation is 1. The topological polar surface area (TPSA) is 55.9 Å². The molecule has 7 heteroatoms. The third-order valence-corrected chi connectivity index (χ3v) is 5.44. The highest BCUT2D eigenvalue weighted by Gasteiger charge is 2.36. The van der Waals surface area contributed by atoms with Gasteiger partial charge in [-0.2, -0.15) is 0 Å². The summed E-state index contributed by atoms with van der Waals surface area (Å²) in [6.07, 6.45) is 1.03. The SMILES string of the molecule is Cc1ccc(N2CC(C(=O)NCCCN3CCN(C)CC3)CC2=O)c(F)c1. The van der Waals surface area contributed by atoms with Crippen molar-refractivity contribution in [1.82, 2.24) is 15.1 Å². The van der Waals surface area contributed by atoms with E-state index in [1.165, 1.54) is 11.0 Å². The van der Waals surface area contributed by atoms with Crippen molar-refractivity contribution in [3.8, 4) is 0 Å². The van der Waals surface area contributed by atoms with E-state index in [-0.39, 0.29) is 30.5 Å². The minimum absolute atomic E-state index is 0.114. The first kappa shape index (κ1) is 19.8. The number of hydrogen-bond acceptors (Lipinski definition) is 4. The van der Waals surface area contributed by atoms with Crippen LogP contribution in [-0.4, -0.2) is 74.5 Å². The number of nitrogens with zero attached hydrogens (tertiary/aromatic N) is 3. The molecule has 2 aliphatic rings. The van der Waals surface area contributed by atoms with Gasteiger partial charge in [-0.1, -0.05) is 6.07 Å². The van der Waals surface area contributed by atoms with Crippen LogP contribution in [0, 0.1) is 18.7 Å². The number of amides is 2. The average molecular weight is 376 g/mol. The lowest BCUT2D eigenvalue weighted by molar-refractivity contribution is -0.126. The predicted octanol–water partition coefficient (Wildman–Crippen LogP) is 1.24. The molecule has 2 saturated heterocycles. The molecule has 2 amide bonds. The first-order valence-corrected chi connectivity index (χ1v) is 9.69. The van der Waals surface area contributed by atoms with E-state index >= 15 is 0 Å². The van der Waals surface area contributed by atoms with Gasteiger partial charge in [-0.3, -0.25) is 9.59 Å². The van der Waals surface area contributed by atoms with Crippen LogP contribution in [0.1, 0.15) is 18.4 Å². The lowest BCUT2D eigenvalue weighted by Crippen LogP contribution is -2.45. The van der Waals surface area contributed by atoms with Crippen LogP contribution >= 0.6 is 0 Å². The van der Waals surface area contributed by atoms with Crippen molar-refractivity contribution < 1.29 is 14.0 Å². The van der Waals surface area contributed by atoms with Gasteiger partial charge in [0.1, 0.15) is 5.82 Å². The van der Waals surface area contributed by atoms with Crippen LogP contribution in [0.5, 0.6) is 0 Å². The van der Waals surface area contributed by atoms with Gasteiger partial charge >= 0.3 is 0 Å². The van der Waals surface area contributed by atoms with E-state index in [1.54, 1.807) is 19.1 Å². The molecule has 27 heavy (non-hydrogen) atoms. The van der Waals surface area contributed by atoms with Crippen molar-refractivity contribution in [3.05, 3.63) is 29.6 Å². The Bertz CT molecular complexity index is 689. The zero-order valence-corrected chi connectivity index (χ0v) is 16.2. The van der Waals surface area contributed by atoms with E-state index in [0.29, 0.717) is 6.54 Å². The van der Waals surface area contributed by atoms with E-state index in [0.717, 1.165) is 44.7 Å². The zero-order chi connectivity index (χ0) is 19.4. The molecule has 0 aromatic heterocycles. The number of anilines is 1. The summed E-state index contributed by atoms with van der Waals surface area (Å²) in [5.41, 5.74) is 1.06. The molecule has 0 aliphatic carbocycles. The number of carbonyl (C=O) groups excluding carboxylic acids is 2. The van der Waals surface area contributed by atoms with Gasteiger partial charge in [-0.05, 0) is 44.6 Å². The van der Waals surface area contributed by atoms with Crippen molar-refractivity contribution in [2.24, 2.45) is 5.92 Å². The number of halogens is 1. The molecule has 1 aromatic carbocycles. The molecule has 1 N–H and O–H groups in total. The fraction of sp³-hybridized carbons (Fsp3) is 0.600. The van der Waals surface area contributed by atoms with E-state index < -0.39 is 11.7 Å². The molecule has 1 unspecified atom stereocenters. The quantitative estimate of drug-likeness (QED) is 0.759. The van der Waals surface area contributed by atoms with E-state index in [9.17, 15) is 14.0 Å². The highest BCUT2D eigenvalue weighted by Crippen LogP contribution is 2.28. The van der Waals surface area contributed by atoms with E-state index in [4.69, 9.17) is 0 Å². The van der Waals surface area contributed by atoms with Crippen LogP contribution in [0.25, 0.3) is 0 Å². The molecule has 0 bridgehead atoms. The van der Waals surface area contributed by atoms with Crippen molar-refractivity contribution in [2.75, 3.05) is 57.8 Å². The van der Waals surface area contributed by atoms with Crippen molar-refractivity contribution >= 4 is 17.5 Å². The van der Waals surface area contributed by atoms with Crippen LogP contribution in [0.15, 0.2) is 18.2 Å². The second-order valence-corrected chi connectivity index (χ2v) is 7.65. The van der Waals surface area contributed by atoms with Gasteiger partial charge in [0.2, 0.25) is 11.8 Å². The molecule has 1 atom stereocenters. The Balaban J connectivity index is 1.43. The smallest absolute Gasteiger partial charge is 0.227 e. The summed E-state index contributed by atoms with van der Waals surface area (Å²) in [7, 11) is 2.13. The second kappa shape index (κ2) is 8.80. The number of likely N-dealkylation sites (N-methyl/N-ethyl adjacent to an activating group) is 1. The monoisotopic (exact) mass is 376 g/mol. The van der Waals surface area contributed by atoms with Crippen LogP contribution in [-0.2, 0) is 9.59 Å². The van der Waals surface area contributed by atoms with Crippen LogP contribution in [0.3, 0.4) is 0 Å². The molecule has 2 fully saturated rings. The Morgan fingerprint density at radius 1 is 1.26 bits per heavy atom. The van der Waals surface area contributed by atoms with Crippen LogP contribution < -0.4 is 10.2 Å². The maximum absolute atomic E-state index is 14.2. The molecule has 2 heterocycles. The summed E-state index contributed by atoms with van der Waals surface area (Å²) in [6, 6.07) is 4.80.